The molecule has 1 saturated heterocycles. The van der Waals surface area contributed by atoms with E-state index in [4.69, 9.17) is 25.0 Å². The number of nitrogens with one attached hydrogen (secondary N) is 1. The number of aliphatic hydroxyl groups excluding tert-OH is 1. The first kappa shape index (κ1) is 35.4. The second-order valence-corrected chi connectivity index (χ2v) is 14.3. The van der Waals surface area contributed by atoms with E-state index in [-0.39, 0.29) is 34.0 Å². The van der Waals surface area contributed by atoms with Gasteiger partial charge in [0.2, 0.25) is 5.95 Å². The minimum atomic E-state index is -5.85. The third kappa shape index (κ3) is 8.19. The SMILES string of the molecule is Nc1nc2c(ncn2[C@@H]2O[C@H](COP(=O)(O)OP(=O)(O)OP(=O)(O)O)[C@@H](O)[C@H]2OC(=O)c2ccc(C(=O)c3ccccc3)cc2)c(=O)[nH]1. The van der Waals surface area contributed by atoms with Crippen LogP contribution >= 0.6 is 23.5 Å². The number of nitrogens with zero attached hydrogens (tertiary/aromatic N) is 3. The Bertz CT molecular complexity index is 2050. The predicted molar refractivity (Wildman–Crippen MR) is 158 cm³/mol. The number of hydrogen-bond donors (Lipinski definition) is 7. The highest BCUT2D eigenvalue weighted by Crippen LogP contribution is 2.66. The van der Waals surface area contributed by atoms with Crippen LogP contribution in [-0.4, -0.2) is 80.9 Å². The second kappa shape index (κ2) is 13.5. The fourth-order valence-electron chi connectivity index (χ4n) is 4.51. The molecule has 0 aliphatic carbocycles. The Labute approximate surface area is 267 Å². The Morgan fingerprint density at radius 2 is 1.56 bits per heavy atom. The summed E-state index contributed by atoms with van der Waals surface area (Å²) < 4.78 is 59.1. The number of rotatable bonds is 12. The lowest BCUT2D eigenvalue weighted by Crippen LogP contribution is -2.37. The van der Waals surface area contributed by atoms with Crippen LogP contribution in [0.3, 0.4) is 0 Å². The Morgan fingerprint density at radius 3 is 2.21 bits per heavy atom. The molecule has 48 heavy (non-hydrogen) atoms. The van der Waals surface area contributed by atoms with Crippen molar-refractivity contribution >= 4 is 52.3 Å². The van der Waals surface area contributed by atoms with Crippen LogP contribution in [-0.2, 0) is 36.3 Å². The number of H-pyrrole nitrogens is 1. The van der Waals surface area contributed by atoms with Crippen molar-refractivity contribution in [3.8, 4) is 0 Å². The third-order valence-corrected chi connectivity index (χ3v) is 10.3. The van der Waals surface area contributed by atoms with E-state index in [2.05, 4.69) is 28.1 Å². The maximum Gasteiger partial charge on any atom is 0.490 e. The molecular formula is C24H24N5O16P3. The van der Waals surface area contributed by atoms with Gasteiger partial charge in [0, 0.05) is 11.1 Å². The molecule has 0 saturated carbocycles. The van der Waals surface area contributed by atoms with Crippen LogP contribution in [0.5, 0.6) is 0 Å². The van der Waals surface area contributed by atoms with Crippen LogP contribution in [0, 0.1) is 0 Å². The summed E-state index contributed by atoms with van der Waals surface area (Å²) in [7, 11) is -17.2. The van der Waals surface area contributed by atoms with E-state index in [1.807, 2.05) is 0 Å². The molecular weight excluding hydrogens is 707 g/mol. The van der Waals surface area contributed by atoms with E-state index in [1.54, 1.807) is 30.3 Å². The van der Waals surface area contributed by atoms with E-state index >= 15 is 0 Å². The number of phosphoric ester groups is 1. The first-order valence-corrected chi connectivity index (χ1v) is 17.7. The van der Waals surface area contributed by atoms with Gasteiger partial charge >= 0.3 is 29.4 Å². The zero-order valence-electron chi connectivity index (χ0n) is 23.8. The van der Waals surface area contributed by atoms with Crippen LogP contribution in [0.15, 0.2) is 65.7 Å². The molecule has 5 rings (SSSR count). The maximum atomic E-state index is 13.2. The minimum absolute atomic E-state index is 0.0726. The molecule has 0 bridgehead atoms. The van der Waals surface area contributed by atoms with Gasteiger partial charge in [0.25, 0.3) is 5.56 Å². The lowest BCUT2D eigenvalue weighted by Gasteiger charge is -2.22. The number of carbonyl (C=O) groups is 2. The molecule has 24 heteroatoms. The number of anilines is 1. The summed E-state index contributed by atoms with van der Waals surface area (Å²) in [4.78, 5) is 85.1. The molecule has 0 radical (unpaired) electrons. The molecule has 2 aromatic carbocycles. The van der Waals surface area contributed by atoms with Gasteiger partial charge in [-0.2, -0.15) is 13.6 Å². The summed E-state index contributed by atoms with van der Waals surface area (Å²) in [5.74, 6) is -1.69. The fourth-order valence-corrected chi connectivity index (χ4v) is 7.54. The van der Waals surface area contributed by atoms with Gasteiger partial charge in [-0.15, -0.1) is 0 Å². The number of phosphoric acid groups is 3. The largest absolute Gasteiger partial charge is 0.490 e. The average molecular weight is 731 g/mol. The molecule has 8 N–H and O–H groups in total. The highest BCUT2D eigenvalue weighted by atomic mass is 31.3. The van der Waals surface area contributed by atoms with Crippen molar-refractivity contribution in [3.05, 3.63) is 88.0 Å². The smallest absolute Gasteiger partial charge is 0.451 e. The number of esters is 1. The van der Waals surface area contributed by atoms with Crippen molar-refractivity contribution in [2.24, 2.45) is 0 Å². The molecule has 6 atom stereocenters. The van der Waals surface area contributed by atoms with Gasteiger partial charge in [0.1, 0.15) is 12.2 Å². The number of hydrogen-bond acceptors (Lipinski definition) is 15. The number of fused-ring (bicyclic) bond motifs is 1. The summed E-state index contributed by atoms with van der Waals surface area (Å²) in [6.45, 7) is -1.12. The number of nitrogens with two attached hydrogens (primary N) is 1. The van der Waals surface area contributed by atoms with Gasteiger partial charge in [-0.1, -0.05) is 42.5 Å². The van der Waals surface area contributed by atoms with Gasteiger partial charge in [-0.25, -0.2) is 23.5 Å². The molecule has 4 aromatic rings. The summed E-state index contributed by atoms with van der Waals surface area (Å²) in [6.07, 6.45) is -5.77. The number of aromatic amines is 1. The lowest BCUT2D eigenvalue weighted by molar-refractivity contribution is -0.0558. The molecule has 1 aliphatic rings. The minimum Gasteiger partial charge on any atom is -0.451 e. The van der Waals surface area contributed by atoms with Gasteiger partial charge in [-0.05, 0) is 12.1 Å². The molecule has 21 nitrogen and oxygen atoms in total. The van der Waals surface area contributed by atoms with E-state index in [0.29, 0.717) is 5.56 Å². The highest BCUT2D eigenvalue weighted by Gasteiger charge is 2.49. The number of aromatic nitrogens is 4. The number of ether oxygens (including phenoxy) is 2. The van der Waals surface area contributed by atoms with Crippen LogP contribution in [0.4, 0.5) is 5.95 Å². The zero-order chi connectivity index (χ0) is 35.0. The average Bonchev–Trinajstić information content (AvgIpc) is 3.55. The summed E-state index contributed by atoms with van der Waals surface area (Å²) >= 11 is 0. The van der Waals surface area contributed by atoms with E-state index in [9.17, 15) is 43.0 Å². The summed E-state index contributed by atoms with van der Waals surface area (Å²) in [5.41, 5.74) is 5.07. The number of carbonyl (C=O) groups excluding carboxylic acids is 2. The third-order valence-electron chi connectivity index (χ3n) is 6.52. The first-order chi connectivity index (χ1) is 22.4. The highest BCUT2D eigenvalue weighted by molar-refractivity contribution is 7.66. The van der Waals surface area contributed by atoms with Crippen molar-refractivity contribution in [2.75, 3.05) is 12.3 Å². The molecule has 0 amide bonds. The van der Waals surface area contributed by atoms with Gasteiger partial charge in [-0.3, -0.25) is 23.7 Å². The van der Waals surface area contributed by atoms with Crippen molar-refractivity contribution in [1.82, 2.24) is 19.5 Å². The zero-order valence-corrected chi connectivity index (χ0v) is 26.5. The standard InChI is InChI=1S/C24H24N5O16P3/c25-24-27-20-16(21(32)28-24)26-11-29(20)22-19(18(31)15(42-22)10-41-47(37,38)45-48(39,40)44-46(34,35)36)43-23(33)14-8-6-13(7-9-14)17(30)12-4-2-1-3-5-12/h1-9,11,15,18-19,22,31H,10H2,(H,37,38)(H,39,40)(H2,34,35,36)(H3,25,27,28,32)/t15-,18-,19-,22-/m1/s1. The Balaban J connectivity index is 1.38. The van der Waals surface area contributed by atoms with Crippen LogP contribution < -0.4 is 11.3 Å². The molecule has 3 heterocycles. The van der Waals surface area contributed by atoms with Gasteiger partial charge in [0.15, 0.2) is 29.3 Å². The number of ketones is 1. The fraction of sp³-hybridized carbons (Fsp3) is 0.208. The Morgan fingerprint density at radius 1 is 0.938 bits per heavy atom. The number of imidazole rings is 1. The molecule has 2 aromatic heterocycles. The second-order valence-electron chi connectivity index (χ2n) is 9.86. The van der Waals surface area contributed by atoms with Crippen LogP contribution in [0.25, 0.3) is 11.2 Å². The lowest BCUT2D eigenvalue weighted by atomic mass is 10.0. The van der Waals surface area contributed by atoms with E-state index in [1.165, 1.54) is 24.3 Å². The monoisotopic (exact) mass is 731 g/mol. The molecule has 256 valence electrons. The van der Waals surface area contributed by atoms with Crippen LogP contribution in [0.2, 0.25) is 0 Å². The number of benzene rings is 2. The molecule has 1 fully saturated rings. The quantitative estimate of drug-likeness (QED) is 0.0600. The summed E-state index contributed by atoms with van der Waals surface area (Å²) in [5, 5.41) is 11.1. The Kier molecular flexibility index (Phi) is 9.96. The topological polar surface area (TPSA) is 322 Å². The normalized spacial score (nSPS) is 22.2. The number of nitrogen functional groups attached to an aromatic ring is 1. The Hall–Kier alpha value is -3.94. The predicted octanol–water partition coefficient (Wildman–Crippen LogP) is 0.760. The molecule has 0 spiro atoms. The van der Waals surface area contributed by atoms with Crippen LogP contribution in [0.1, 0.15) is 32.5 Å². The van der Waals surface area contributed by atoms with E-state index in [0.717, 1.165) is 10.9 Å². The van der Waals surface area contributed by atoms with Gasteiger partial charge < -0.3 is 39.9 Å². The van der Waals surface area contributed by atoms with Crippen molar-refractivity contribution in [3.63, 3.8) is 0 Å². The molecule has 2 unspecified atom stereocenters. The van der Waals surface area contributed by atoms with Crippen molar-refractivity contribution < 1.29 is 70.6 Å². The maximum absolute atomic E-state index is 13.2. The van der Waals surface area contributed by atoms with Crippen molar-refractivity contribution in [1.29, 1.82) is 0 Å². The van der Waals surface area contributed by atoms with E-state index < -0.39 is 66.1 Å². The van der Waals surface area contributed by atoms with Crippen molar-refractivity contribution in [2.45, 2.75) is 24.5 Å². The molecule has 1 aliphatic heterocycles. The first-order valence-electron chi connectivity index (χ1n) is 13.2. The summed E-state index contributed by atoms with van der Waals surface area (Å²) in [6, 6.07) is 13.7. The number of aliphatic hydroxyl groups is 1. The van der Waals surface area contributed by atoms with Gasteiger partial charge in [0.05, 0.1) is 18.5 Å².